The largest absolute Gasteiger partial charge is 0.250 e. The molecule has 0 unspecified atom stereocenters. The molecule has 0 saturated carbocycles. The highest BCUT2D eigenvalue weighted by Gasteiger charge is 1.96. The van der Waals surface area contributed by atoms with E-state index in [4.69, 9.17) is 0 Å². The molecule has 1 aromatic heterocycles. The van der Waals surface area contributed by atoms with Gasteiger partial charge >= 0.3 is 0 Å². The predicted molar refractivity (Wildman–Crippen MR) is 55.8 cm³/mol. The maximum absolute atomic E-state index is 3.04. The Morgan fingerprint density at radius 2 is 2.00 bits per heavy atom. The van der Waals surface area contributed by atoms with Crippen LogP contribution in [0.3, 0.4) is 0 Å². The lowest BCUT2D eigenvalue weighted by atomic mass is 10.1. The minimum Gasteiger partial charge on any atom is -0.250 e. The standard InChI is InChI=1S/C12H14N2/c1-2-5-12(6-3-1)7-4-9-14-10-8-13-11-14/h1-3,5-6,8,10-11H,4,7,9H2/p+1. The highest BCUT2D eigenvalue weighted by Crippen LogP contribution is 2.01. The van der Waals surface area contributed by atoms with E-state index in [1.54, 1.807) is 0 Å². The molecule has 1 aromatic carbocycles. The van der Waals surface area contributed by atoms with Gasteiger partial charge in [0, 0.05) is 0 Å². The first kappa shape index (κ1) is 9.00. The van der Waals surface area contributed by atoms with Crippen LogP contribution in [-0.4, -0.2) is 4.98 Å². The number of H-pyrrole nitrogens is 1. The first-order valence-corrected chi connectivity index (χ1v) is 5.01. The van der Waals surface area contributed by atoms with E-state index < -0.39 is 0 Å². The Kier molecular flexibility index (Phi) is 2.96. The number of aromatic nitrogens is 2. The summed E-state index contributed by atoms with van der Waals surface area (Å²) in [6.45, 7) is 1.08. The van der Waals surface area contributed by atoms with E-state index >= 15 is 0 Å². The molecule has 0 atom stereocenters. The number of imidazole rings is 1. The van der Waals surface area contributed by atoms with Gasteiger partial charge < -0.3 is 0 Å². The van der Waals surface area contributed by atoms with Gasteiger partial charge in [0.05, 0.1) is 6.54 Å². The minimum absolute atomic E-state index is 1.08. The van der Waals surface area contributed by atoms with E-state index in [1.807, 2.05) is 12.5 Å². The molecule has 1 N–H and O–H groups in total. The summed E-state index contributed by atoms with van der Waals surface area (Å²) in [7, 11) is 0. The molecule has 1 heterocycles. The molecule has 0 aliphatic rings. The molecule has 2 heteroatoms. The number of aryl methyl sites for hydroxylation is 2. The van der Waals surface area contributed by atoms with Crippen LogP contribution >= 0.6 is 0 Å². The van der Waals surface area contributed by atoms with Crippen molar-refractivity contribution < 1.29 is 4.57 Å². The van der Waals surface area contributed by atoms with Crippen LogP contribution in [0.4, 0.5) is 0 Å². The van der Waals surface area contributed by atoms with Gasteiger partial charge in [0.25, 0.3) is 0 Å². The lowest BCUT2D eigenvalue weighted by molar-refractivity contribution is -0.696. The first-order chi connectivity index (χ1) is 6.95. The predicted octanol–water partition coefficient (Wildman–Crippen LogP) is 1.93. The van der Waals surface area contributed by atoms with Crippen molar-refractivity contribution >= 4 is 0 Å². The lowest BCUT2D eigenvalue weighted by Gasteiger charge is -1.98. The Hall–Kier alpha value is -1.57. The van der Waals surface area contributed by atoms with Gasteiger partial charge in [-0.1, -0.05) is 30.3 Å². The van der Waals surface area contributed by atoms with Crippen LogP contribution in [-0.2, 0) is 13.0 Å². The first-order valence-electron chi connectivity index (χ1n) is 5.01. The second-order valence-electron chi connectivity index (χ2n) is 3.44. The molecule has 0 saturated heterocycles. The molecule has 0 fully saturated rings. The van der Waals surface area contributed by atoms with Crippen LogP contribution in [0.25, 0.3) is 0 Å². The number of rotatable bonds is 4. The molecule has 72 valence electrons. The summed E-state index contributed by atoms with van der Waals surface area (Å²) in [6.07, 6.45) is 8.34. The minimum atomic E-state index is 1.08. The van der Waals surface area contributed by atoms with Gasteiger partial charge in [-0.15, -0.1) is 0 Å². The Labute approximate surface area is 84.2 Å². The third kappa shape index (κ3) is 2.46. The molecule has 2 rings (SSSR count). The monoisotopic (exact) mass is 187 g/mol. The van der Waals surface area contributed by atoms with Crippen LogP contribution in [0.2, 0.25) is 0 Å². The van der Waals surface area contributed by atoms with E-state index in [9.17, 15) is 0 Å². The number of hydrogen-bond acceptors (Lipinski definition) is 0. The number of benzene rings is 1. The normalized spacial score (nSPS) is 10.3. The van der Waals surface area contributed by atoms with Crippen molar-refractivity contribution in [3.63, 3.8) is 0 Å². The van der Waals surface area contributed by atoms with Crippen molar-refractivity contribution in [2.45, 2.75) is 19.4 Å². The van der Waals surface area contributed by atoms with Gasteiger partial charge in [-0.25, -0.2) is 4.57 Å². The van der Waals surface area contributed by atoms with E-state index in [1.165, 1.54) is 12.0 Å². The van der Waals surface area contributed by atoms with Crippen LogP contribution in [0, 0.1) is 0 Å². The number of aromatic amines is 1. The second-order valence-corrected chi connectivity index (χ2v) is 3.44. The van der Waals surface area contributed by atoms with Crippen molar-refractivity contribution in [1.29, 1.82) is 0 Å². The van der Waals surface area contributed by atoms with E-state index in [0.29, 0.717) is 0 Å². The summed E-state index contributed by atoms with van der Waals surface area (Å²) >= 11 is 0. The van der Waals surface area contributed by atoms with Crippen LogP contribution < -0.4 is 4.57 Å². The molecule has 14 heavy (non-hydrogen) atoms. The Balaban J connectivity index is 1.79. The number of hydrogen-bond donors (Lipinski definition) is 1. The van der Waals surface area contributed by atoms with E-state index in [-0.39, 0.29) is 0 Å². The van der Waals surface area contributed by atoms with Crippen LogP contribution in [0.15, 0.2) is 49.1 Å². The van der Waals surface area contributed by atoms with Gasteiger partial charge in [0.2, 0.25) is 6.33 Å². The molecule has 0 amide bonds. The van der Waals surface area contributed by atoms with Crippen molar-refractivity contribution in [3.05, 3.63) is 54.6 Å². The molecule has 0 aliphatic heterocycles. The Morgan fingerprint density at radius 3 is 2.71 bits per heavy atom. The fourth-order valence-corrected chi connectivity index (χ4v) is 1.57. The van der Waals surface area contributed by atoms with Gasteiger partial charge in [-0.3, -0.25) is 4.98 Å². The number of nitrogens with one attached hydrogen (secondary N) is 1. The van der Waals surface area contributed by atoms with Crippen molar-refractivity contribution in [3.8, 4) is 0 Å². The maximum atomic E-state index is 3.04. The Morgan fingerprint density at radius 1 is 1.14 bits per heavy atom. The molecular formula is C12H15N2+. The zero-order valence-electron chi connectivity index (χ0n) is 8.19. The zero-order valence-corrected chi connectivity index (χ0v) is 8.19. The summed E-state index contributed by atoms with van der Waals surface area (Å²) in [5, 5.41) is 0. The SMILES string of the molecule is c1ccc(CCC[n+]2cc[nH]c2)cc1. The average molecular weight is 187 g/mol. The van der Waals surface area contributed by atoms with Gasteiger partial charge in [-0.2, -0.15) is 0 Å². The van der Waals surface area contributed by atoms with Crippen LogP contribution in [0.1, 0.15) is 12.0 Å². The topological polar surface area (TPSA) is 19.7 Å². The lowest BCUT2D eigenvalue weighted by Crippen LogP contribution is -2.30. The van der Waals surface area contributed by atoms with Crippen molar-refractivity contribution in [2.75, 3.05) is 0 Å². The van der Waals surface area contributed by atoms with Gasteiger partial charge in [-0.05, 0) is 18.4 Å². The summed E-state index contributed by atoms with van der Waals surface area (Å²) in [5.74, 6) is 0. The molecule has 0 spiro atoms. The quantitative estimate of drug-likeness (QED) is 0.706. The third-order valence-corrected chi connectivity index (χ3v) is 2.33. The fraction of sp³-hybridized carbons (Fsp3) is 0.250. The fourth-order valence-electron chi connectivity index (χ4n) is 1.57. The summed E-state index contributed by atoms with van der Waals surface area (Å²) < 4.78 is 2.17. The van der Waals surface area contributed by atoms with Crippen molar-refractivity contribution in [1.82, 2.24) is 4.98 Å². The Bertz CT molecular complexity index is 351. The van der Waals surface area contributed by atoms with Crippen molar-refractivity contribution in [2.24, 2.45) is 0 Å². The smallest absolute Gasteiger partial charge is 0.241 e. The van der Waals surface area contributed by atoms with Gasteiger partial charge in [0.15, 0.2) is 0 Å². The summed E-state index contributed by atoms with van der Waals surface area (Å²) in [6, 6.07) is 10.6. The summed E-state index contributed by atoms with van der Waals surface area (Å²) in [4.78, 5) is 3.04. The van der Waals surface area contributed by atoms with Crippen LogP contribution in [0.5, 0.6) is 0 Å². The molecule has 0 aliphatic carbocycles. The summed E-state index contributed by atoms with van der Waals surface area (Å²) in [5.41, 5.74) is 1.42. The van der Waals surface area contributed by atoms with E-state index in [2.05, 4.69) is 46.1 Å². The molecule has 0 bridgehead atoms. The zero-order chi connectivity index (χ0) is 9.64. The highest BCUT2D eigenvalue weighted by atomic mass is 15.0. The molecule has 0 radical (unpaired) electrons. The highest BCUT2D eigenvalue weighted by molar-refractivity contribution is 5.14. The third-order valence-electron chi connectivity index (χ3n) is 2.33. The molecule has 2 aromatic rings. The molecular weight excluding hydrogens is 172 g/mol. The van der Waals surface area contributed by atoms with Gasteiger partial charge in [0.1, 0.15) is 12.4 Å². The average Bonchev–Trinajstić information content (AvgIpc) is 2.72. The second kappa shape index (κ2) is 4.61. The number of nitrogens with zero attached hydrogens (tertiary/aromatic N) is 1. The molecule has 2 nitrogen and oxygen atoms in total. The van der Waals surface area contributed by atoms with E-state index in [0.717, 1.165) is 13.0 Å². The maximum Gasteiger partial charge on any atom is 0.241 e.